The number of ether oxygens (including phenoxy) is 1. The zero-order valence-corrected chi connectivity index (χ0v) is 20.2. The summed E-state index contributed by atoms with van der Waals surface area (Å²) in [6.45, 7) is 5.72. The van der Waals surface area contributed by atoms with Crippen LogP contribution in [0.1, 0.15) is 63.3 Å². The molecule has 0 saturated carbocycles. The van der Waals surface area contributed by atoms with Gasteiger partial charge in [0.15, 0.2) is 0 Å². The molecule has 0 unspecified atom stereocenters. The van der Waals surface area contributed by atoms with E-state index >= 15 is 0 Å². The molecule has 2 fully saturated rings. The van der Waals surface area contributed by atoms with E-state index in [2.05, 4.69) is 24.1 Å². The number of hydrogen-bond acceptors (Lipinski definition) is 4. The number of nitrogens with one attached hydrogen (secondary N) is 2. The second-order valence-electron chi connectivity index (χ2n) is 10.2. The Balaban J connectivity index is 1.48. The van der Waals surface area contributed by atoms with Gasteiger partial charge in [-0.15, -0.1) is 0 Å². The van der Waals surface area contributed by atoms with Crippen molar-refractivity contribution >= 4 is 28.6 Å². The van der Waals surface area contributed by atoms with Crippen LogP contribution in [-0.4, -0.2) is 64.8 Å². The Bertz CT molecular complexity index is 1120. The minimum Gasteiger partial charge on any atom is -0.497 e. The van der Waals surface area contributed by atoms with Crippen molar-refractivity contribution in [1.82, 2.24) is 20.1 Å². The number of H-pyrrole nitrogens is 1. The SMILES string of the molecule is COc1ccc2c3c([nH]c2c1)[C@H](CC(C)C)N1C(=O)[C@H](CC(=O)N2CCCCC2)NC(=O)[C@@H]1C3. The fourth-order valence-corrected chi connectivity index (χ4v) is 5.83. The van der Waals surface area contributed by atoms with Crippen molar-refractivity contribution in [3.05, 3.63) is 29.5 Å². The van der Waals surface area contributed by atoms with Gasteiger partial charge in [-0.25, -0.2) is 0 Å². The summed E-state index contributed by atoms with van der Waals surface area (Å²) in [5, 5.41) is 3.95. The van der Waals surface area contributed by atoms with Gasteiger partial charge in [0.05, 0.1) is 19.6 Å². The summed E-state index contributed by atoms with van der Waals surface area (Å²) in [6.07, 6.45) is 4.34. The number of benzene rings is 1. The summed E-state index contributed by atoms with van der Waals surface area (Å²) in [4.78, 5) is 47.1. The van der Waals surface area contributed by atoms with E-state index in [-0.39, 0.29) is 30.2 Å². The molecule has 3 amide bonds. The van der Waals surface area contributed by atoms with Crippen molar-refractivity contribution in [2.75, 3.05) is 20.2 Å². The van der Waals surface area contributed by atoms with Gasteiger partial charge >= 0.3 is 0 Å². The third-order valence-corrected chi connectivity index (χ3v) is 7.50. The van der Waals surface area contributed by atoms with Crippen LogP contribution in [0, 0.1) is 5.92 Å². The smallest absolute Gasteiger partial charge is 0.246 e. The van der Waals surface area contributed by atoms with Crippen molar-refractivity contribution in [2.24, 2.45) is 5.92 Å². The lowest BCUT2D eigenvalue weighted by Crippen LogP contribution is -2.66. The number of nitrogens with zero attached hydrogens (tertiary/aromatic N) is 2. The Morgan fingerprint density at radius 1 is 1.18 bits per heavy atom. The summed E-state index contributed by atoms with van der Waals surface area (Å²) in [5.74, 6) is 0.714. The number of fused-ring (bicyclic) bond motifs is 4. The van der Waals surface area contributed by atoms with E-state index in [0.717, 1.165) is 66.7 Å². The lowest BCUT2D eigenvalue weighted by atomic mass is 9.85. The first-order valence-electron chi connectivity index (χ1n) is 12.5. The highest BCUT2D eigenvalue weighted by Crippen LogP contribution is 2.42. The van der Waals surface area contributed by atoms with Crippen LogP contribution in [0.3, 0.4) is 0 Å². The minimum absolute atomic E-state index is 0.0267. The molecular formula is C26H34N4O4. The predicted octanol–water partition coefficient (Wildman–Crippen LogP) is 2.92. The molecule has 4 heterocycles. The van der Waals surface area contributed by atoms with Crippen molar-refractivity contribution < 1.29 is 19.1 Å². The number of piperidine rings is 1. The minimum atomic E-state index is -0.807. The van der Waals surface area contributed by atoms with Crippen LogP contribution < -0.4 is 10.1 Å². The number of piperazine rings is 1. The molecule has 2 N–H and O–H groups in total. The third kappa shape index (κ3) is 3.93. The molecule has 1 aromatic heterocycles. The van der Waals surface area contributed by atoms with E-state index in [1.54, 1.807) is 12.0 Å². The van der Waals surface area contributed by atoms with Crippen molar-refractivity contribution in [1.29, 1.82) is 0 Å². The molecule has 0 aliphatic carbocycles. The molecule has 1 aromatic carbocycles. The zero-order chi connectivity index (χ0) is 24.0. The molecule has 5 rings (SSSR count). The molecule has 2 aromatic rings. The number of carbonyl (C=O) groups excluding carboxylic acids is 3. The number of aromatic amines is 1. The van der Waals surface area contributed by atoms with Gasteiger partial charge in [-0.2, -0.15) is 0 Å². The van der Waals surface area contributed by atoms with Gasteiger partial charge in [0.2, 0.25) is 17.7 Å². The van der Waals surface area contributed by atoms with Crippen molar-refractivity contribution in [3.63, 3.8) is 0 Å². The second-order valence-corrected chi connectivity index (χ2v) is 10.2. The van der Waals surface area contributed by atoms with Gasteiger partial charge in [-0.1, -0.05) is 13.8 Å². The molecule has 8 nitrogen and oxygen atoms in total. The highest BCUT2D eigenvalue weighted by molar-refractivity contribution is 6.01. The van der Waals surface area contributed by atoms with Gasteiger partial charge in [0.1, 0.15) is 17.8 Å². The average Bonchev–Trinajstić information content (AvgIpc) is 3.20. The zero-order valence-electron chi connectivity index (χ0n) is 20.2. The van der Waals surface area contributed by atoms with E-state index in [1.165, 1.54) is 0 Å². The van der Waals surface area contributed by atoms with Crippen LogP contribution in [0.4, 0.5) is 0 Å². The van der Waals surface area contributed by atoms with Crippen molar-refractivity contribution in [3.8, 4) is 5.75 Å². The summed E-state index contributed by atoms with van der Waals surface area (Å²) < 4.78 is 5.39. The first kappa shape index (κ1) is 22.7. The molecule has 0 bridgehead atoms. The van der Waals surface area contributed by atoms with Gasteiger partial charge in [-0.3, -0.25) is 14.4 Å². The third-order valence-electron chi connectivity index (χ3n) is 7.50. The molecular weight excluding hydrogens is 432 g/mol. The number of carbonyl (C=O) groups is 3. The fourth-order valence-electron chi connectivity index (χ4n) is 5.83. The maximum absolute atomic E-state index is 13.7. The number of hydrogen-bond donors (Lipinski definition) is 2. The van der Waals surface area contributed by atoms with E-state index in [4.69, 9.17) is 4.74 Å². The average molecular weight is 467 g/mol. The molecule has 182 valence electrons. The van der Waals surface area contributed by atoms with Crippen LogP contribution in [-0.2, 0) is 20.8 Å². The molecule has 3 aliphatic heterocycles. The number of rotatable bonds is 5. The normalized spacial score (nSPS) is 24.8. The Morgan fingerprint density at radius 2 is 1.94 bits per heavy atom. The van der Waals surface area contributed by atoms with Crippen LogP contribution in [0.2, 0.25) is 0 Å². The topological polar surface area (TPSA) is 94.7 Å². The van der Waals surface area contributed by atoms with Crippen LogP contribution in [0.15, 0.2) is 18.2 Å². The number of methoxy groups -OCH3 is 1. The first-order valence-corrected chi connectivity index (χ1v) is 12.5. The van der Waals surface area contributed by atoms with E-state index < -0.39 is 12.1 Å². The summed E-state index contributed by atoms with van der Waals surface area (Å²) in [5.41, 5.74) is 3.04. The lowest BCUT2D eigenvalue weighted by molar-refractivity contribution is -0.155. The highest BCUT2D eigenvalue weighted by Gasteiger charge is 2.49. The summed E-state index contributed by atoms with van der Waals surface area (Å²) in [6, 6.07) is 4.30. The fraction of sp³-hybridized carbons (Fsp3) is 0.577. The molecule has 8 heteroatoms. The van der Waals surface area contributed by atoms with Gasteiger partial charge in [-0.05, 0) is 49.3 Å². The summed E-state index contributed by atoms with van der Waals surface area (Å²) >= 11 is 0. The first-order chi connectivity index (χ1) is 16.4. The monoisotopic (exact) mass is 466 g/mol. The molecule has 2 saturated heterocycles. The quantitative estimate of drug-likeness (QED) is 0.708. The van der Waals surface area contributed by atoms with Crippen molar-refractivity contribution in [2.45, 2.75) is 70.5 Å². The van der Waals surface area contributed by atoms with E-state index in [9.17, 15) is 14.4 Å². The highest BCUT2D eigenvalue weighted by atomic mass is 16.5. The largest absolute Gasteiger partial charge is 0.497 e. The van der Waals surface area contributed by atoms with Gasteiger partial charge < -0.3 is 24.8 Å². The Morgan fingerprint density at radius 3 is 2.65 bits per heavy atom. The molecule has 3 aliphatic rings. The van der Waals surface area contributed by atoms with Gasteiger partial charge in [0.25, 0.3) is 0 Å². The molecule has 0 spiro atoms. The number of likely N-dealkylation sites (tertiary alicyclic amines) is 1. The number of aromatic nitrogens is 1. The molecule has 34 heavy (non-hydrogen) atoms. The number of amides is 3. The standard InChI is InChI=1S/C26H34N4O4/c1-15(2)11-21-24-18(17-8-7-16(34-3)12-19(17)27-24)13-22-25(32)28-20(26(33)30(21)22)14-23(31)29-9-5-4-6-10-29/h7-8,12,15,20-22,27H,4-6,9-11,13-14H2,1-3H3,(H,28,32)/t20-,21-,22-/m0/s1. The van der Waals surface area contributed by atoms with Crippen LogP contribution in [0.5, 0.6) is 5.75 Å². The Hall–Kier alpha value is -3.03. The van der Waals surface area contributed by atoms with E-state index in [0.29, 0.717) is 12.3 Å². The van der Waals surface area contributed by atoms with E-state index in [1.807, 2.05) is 23.1 Å². The predicted molar refractivity (Wildman–Crippen MR) is 128 cm³/mol. The molecule has 0 radical (unpaired) electrons. The van der Waals surface area contributed by atoms with Crippen LogP contribution in [0.25, 0.3) is 10.9 Å². The maximum atomic E-state index is 13.7. The lowest BCUT2D eigenvalue weighted by Gasteiger charge is -2.47. The summed E-state index contributed by atoms with van der Waals surface area (Å²) in [7, 11) is 1.64. The van der Waals surface area contributed by atoms with Crippen LogP contribution >= 0.6 is 0 Å². The second kappa shape index (κ2) is 8.96. The Labute approximate surface area is 200 Å². The Kier molecular flexibility index (Phi) is 6.00. The molecule has 3 atom stereocenters. The maximum Gasteiger partial charge on any atom is 0.246 e. The van der Waals surface area contributed by atoms with Gasteiger partial charge in [0, 0.05) is 42.2 Å².